The van der Waals surface area contributed by atoms with Crippen molar-refractivity contribution in [3.8, 4) is 0 Å². The van der Waals surface area contributed by atoms with Crippen molar-refractivity contribution in [1.82, 2.24) is 4.98 Å². The predicted octanol–water partition coefficient (Wildman–Crippen LogP) is 1.56. The van der Waals surface area contributed by atoms with Gasteiger partial charge in [0.2, 0.25) is 0 Å². The third-order valence-electron chi connectivity index (χ3n) is 2.31. The normalized spacial score (nSPS) is 12.5. The molecule has 3 nitrogen and oxygen atoms in total. The molecule has 0 aliphatic carbocycles. The van der Waals surface area contributed by atoms with E-state index in [4.69, 9.17) is 5.73 Å². The summed E-state index contributed by atoms with van der Waals surface area (Å²) < 4.78 is 0. The molecule has 0 aromatic carbocycles. The maximum Gasteiger partial charge on any atom is 0.168 e. The fraction of sp³-hybridized carbons (Fsp3) is 0.455. The highest BCUT2D eigenvalue weighted by Gasteiger charge is 2.16. The number of nitrogens with two attached hydrogens (primary N) is 1. The van der Waals surface area contributed by atoms with Gasteiger partial charge in [-0.25, -0.2) is 0 Å². The number of hydrogen-bond acceptors (Lipinski definition) is 3. The van der Waals surface area contributed by atoms with Gasteiger partial charge in [-0.2, -0.15) is 0 Å². The SMILES string of the molecule is CCC(CN)C(=O)c1cncc(C)c1. The van der Waals surface area contributed by atoms with Crippen molar-refractivity contribution in [2.24, 2.45) is 11.7 Å². The third kappa shape index (κ3) is 2.39. The van der Waals surface area contributed by atoms with Crippen LogP contribution in [0.2, 0.25) is 0 Å². The zero-order valence-electron chi connectivity index (χ0n) is 8.66. The summed E-state index contributed by atoms with van der Waals surface area (Å²) in [6, 6.07) is 1.85. The number of carbonyl (C=O) groups excluding carboxylic acids is 1. The summed E-state index contributed by atoms with van der Waals surface area (Å²) >= 11 is 0. The average molecular weight is 192 g/mol. The Labute approximate surface area is 84.3 Å². The molecular formula is C11H16N2O. The Hall–Kier alpha value is -1.22. The third-order valence-corrected chi connectivity index (χ3v) is 2.31. The zero-order chi connectivity index (χ0) is 10.6. The van der Waals surface area contributed by atoms with Gasteiger partial charge in [0, 0.05) is 30.4 Å². The van der Waals surface area contributed by atoms with E-state index in [2.05, 4.69) is 4.98 Å². The van der Waals surface area contributed by atoms with E-state index in [-0.39, 0.29) is 11.7 Å². The molecule has 1 aromatic rings. The number of Topliss-reactive ketones (excluding diaryl/α,β-unsaturated/α-hetero) is 1. The summed E-state index contributed by atoms with van der Waals surface area (Å²) in [5.41, 5.74) is 7.19. The Kier molecular flexibility index (Phi) is 3.77. The monoisotopic (exact) mass is 192 g/mol. The van der Waals surface area contributed by atoms with Gasteiger partial charge in [-0.05, 0) is 25.0 Å². The van der Waals surface area contributed by atoms with Gasteiger partial charge in [-0.3, -0.25) is 9.78 Å². The van der Waals surface area contributed by atoms with Crippen molar-refractivity contribution in [3.05, 3.63) is 29.6 Å². The molecular weight excluding hydrogens is 176 g/mol. The zero-order valence-corrected chi connectivity index (χ0v) is 8.66. The van der Waals surface area contributed by atoms with E-state index in [9.17, 15) is 4.79 Å². The molecule has 1 heterocycles. The molecule has 0 aliphatic heterocycles. The maximum absolute atomic E-state index is 11.8. The van der Waals surface area contributed by atoms with Crippen molar-refractivity contribution >= 4 is 5.78 Å². The first-order chi connectivity index (χ1) is 6.69. The van der Waals surface area contributed by atoms with Crippen LogP contribution in [0, 0.1) is 12.8 Å². The number of pyridine rings is 1. The molecule has 0 saturated carbocycles. The van der Waals surface area contributed by atoms with E-state index in [0.29, 0.717) is 12.1 Å². The summed E-state index contributed by atoms with van der Waals surface area (Å²) in [6.45, 7) is 4.30. The summed E-state index contributed by atoms with van der Waals surface area (Å²) in [5.74, 6) is 0.0322. The van der Waals surface area contributed by atoms with Crippen molar-refractivity contribution in [2.45, 2.75) is 20.3 Å². The Morgan fingerprint density at radius 3 is 2.79 bits per heavy atom. The van der Waals surface area contributed by atoms with Crippen LogP contribution >= 0.6 is 0 Å². The number of carbonyl (C=O) groups is 1. The second-order valence-corrected chi connectivity index (χ2v) is 3.46. The molecule has 1 rings (SSSR count). The summed E-state index contributed by atoms with van der Waals surface area (Å²) in [7, 11) is 0. The van der Waals surface area contributed by atoms with Gasteiger partial charge >= 0.3 is 0 Å². The van der Waals surface area contributed by atoms with Crippen LogP contribution in [0.15, 0.2) is 18.5 Å². The molecule has 3 heteroatoms. The number of rotatable bonds is 4. The Balaban J connectivity index is 2.88. The number of aryl methyl sites for hydroxylation is 1. The number of ketones is 1. The smallest absolute Gasteiger partial charge is 0.168 e. The van der Waals surface area contributed by atoms with Gasteiger partial charge in [0.1, 0.15) is 0 Å². The lowest BCUT2D eigenvalue weighted by Crippen LogP contribution is -2.23. The van der Waals surface area contributed by atoms with Gasteiger partial charge < -0.3 is 5.73 Å². The number of nitrogens with zero attached hydrogens (tertiary/aromatic N) is 1. The first-order valence-corrected chi connectivity index (χ1v) is 4.85. The standard InChI is InChI=1S/C11H16N2O/c1-3-9(5-12)11(14)10-4-8(2)6-13-7-10/h4,6-7,9H,3,5,12H2,1-2H3. The number of aromatic nitrogens is 1. The Morgan fingerprint density at radius 1 is 1.57 bits per heavy atom. The van der Waals surface area contributed by atoms with Gasteiger partial charge in [0.15, 0.2) is 5.78 Å². The molecule has 14 heavy (non-hydrogen) atoms. The van der Waals surface area contributed by atoms with Crippen LogP contribution in [0.4, 0.5) is 0 Å². The minimum absolute atomic E-state index is 0.0707. The van der Waals surface area contributed by atoms with E-state index in [1.165, 1.54) is 0 Å². The summed E-state index contributed by atoms with van der Waals surface area (Å²) in [6.07, 6.45) is 4.12. The minimum atomic E-state index is -0.0707. The van der Waals surface area contributed by atoms with E-state index in [1.54, 1.807) is 12.4 Å². The molecule has 0 aliphatic rings. The lowest BCUT2D eigenvalue weighted by molar-refractivity contribution is 0.0921. The van der Waals surface area contributed by atoms with Crippen LogP contribution in [0.1, 0.15) is 29.3 Å². The quantitative estimate of drug-likeness (QED) is 0.736. The van der Waals surface area contributed by atoms with Crippen LogP contribution < -0.4 is 5.73 Å². The van der Waals surface area contributed by atoms with Gasteiger partial charge in [-0.15, -0.1) is 0 Å². The molecule has 0 spiro atoms. The van der Waals surface area contributed by atoms with Crippen molar-refractivity contribution < 1.29 is 4.79 Å². The van der Waals surface area contributed by atoms with Crippen LogP contribution in [-0.2, 0) is 0 Å². The van der Waals surface area contributed by atoms with E-state index in [0.717, 1.165) is 12.0 Å². The first-order valence-electron chi connectivity index (χ1n) is 4.85. The molecule has 1 unspecified atom stereocenters. The molecule has 0 bridgehead atoms. The Bertz CT molecular complexity index is 319. The fourth-order valence-electron chi connectivity index (χ4n) is 1.38. The van der Waals surface area contributed by atoms with E-state index in [1.807, 2.05) is 19.9 Å². The molecule has 0 radical (unpaired) electrons. The molecule has 0 fully saturated rings. The van der Waals surface area contributed by atoms with Gasteiger partial charge in [0.05, 0.1) is 0 Å². The lowest BCUT2D eigenvalue weighted by atomic mass is 9.96. The van der Waals surface area contributed by atoms with Crippen molar-refractivity contribution in [1.29, 1.82) is 0 Å². The molecule has 1 atom stereocenters. The highest BCUT2D eigenvalue weighted by Crippen LogP contribution is 2.11. The van der Waals surface area contributed by atoms with Gasteiger partial charge in [-0.1, -0.05) is 6.92 Å². The van der Waals surface area contributed by atoms with E-state index < -0.39 is 0 Å². The molecule has 2 N–H and O–H groups in total. The molecule has 76 valence electrons. The Morgan fingerprint density at radius 2 is 2.29 bits per heavy atom. The number of hydrogen-bond donors (Lipinski definition) is 1. The predicted molar refractivity (Wildman–Crippen MR) is 56.1 cm³/mol. The highest BCUT2D eigenvalue weighted by atomic mass is 16.1. The summed E-state index contributed by atoms with van der Waals surface area (Å²) in [4.78, 5) is 15.8. The largest absolute Gasteiger partial charge is 0.330 e. The van der Waals surface area contributed by atoms with Crippen LogP contribution in [0.25, 0.3) is 0 Å². The molecule has 0 amide bonds. The minimum Gasteiger partial charge on any atom is -0.330 e. The topological polar surface area (TPSA) is 56.0 Å². The van der Waals surface area contributed by atoms with Crippen molar-refractivity contribution in [3.63, 3.8) is 0 Å². The van der Waals surface area contributed by atoms with Crippen LogP contribution in [0.5, 0.6) is 0 Å². The summed E-state index contributed by atoms with van der Waals surface area (Å²) in [5, 5.41) is 0. The van der Waals surface area contributed by atoms with E-state index >= 15 is 0 Å². The van der Waals surface area contributed by atoms with Crippen LogP contribution in [0.3, 0.4) is 0 Å². The van der Waals surface area contributed by atoms with Gasteiger partial charge in [0.25, 0.3) is 0 Å². The van der Waals surface area contributed by atoms with Crippen molar-refractivity contribution in [2.75, 3.05) is 6.54 Å². The highest BCUT2D eigenvalue weighted by molar-refractivity contribution is 5.97. The second-order valence-electron chi connectivity index (χ2n) is 3.46. The first kappa shape index (κ1) is 10.9. The lowest BCUT2D eigenvalue weighted by Gasteiger charge is -2.10. The molecule has 0 saturated heterocycles. The second kappa shape index (κ2) is 4.86. The van der Waals surface area contributed by atoms with Crippen LogP contribution in [-0.4, -0.2) is 17.3 Å². The fourth-order valence-corrected chi connectivity index (χ4v) is 1.38. The average Bonchev–Trinajstić information content (AvgIpc) is 2.19. The molecule has 1 aromatic heterocycles. The maximum atomic E-state index is 11.8.